The summed E-state index contributed by atoms with van der Waals surface area (Å²) in [7, 11) is -3.84. The number of rotatable bonds is 8. The van der Waals surface area contributed by atoms with Crippen LogP contribution in [-0.2, 0) is 10.0 Å². The van der Waals surface area contributed by atoms with Crippen LogP contribution >= 0.6 is 0 Å². The van der Waals surface area contributed by atoms with Gasteiger partial charge in [0.25, 0.3) is 0 Å². The predicted octanol–water partition coefficient (Wildman–Crippen LogP) is 3.08. The second-order valence-corrected chi connectivity index (χ2v) is 7.28. The maximum absolute atomic E-state index is 14.2. The molecular weight excluding hydrogens is 345 g/mol. The zero-order valence-electron chi connectivity index (χ0n) is 14.1. The second-order valence-electron chi connectivity index (χ2n) is 5.51. The molecule has 0 aromatic heterocycles. The van der Waals surface area contributed by atoms with Crippen molar-refractivity contribution in [2.24, 2.45) is 0 Å². The summed E-state index contributed by atoms with van der Waals surface area (Å²) in [6.07, 6.45) is 0.774. The topological polar surface area (TPSA) is 72.5 Å². The Morgan fingerprint density at radius 1 is 1.20 bits per heavy atom. The van der Waals surface area contributed by atoms with Crippen LogP contribution in [-0.4, -0.2) is 27.4 Å². The first-order valence-corrected chi connectivity index (χ1v) is 9.34. The molecule has 0 aliphatic heterocycles. The van der Waals surface area contributed by atoms with Crippen LogP contribution in [0, 0.1) is 12.7 Å². The quantitative estimate of drug-likeness (QED) is 0.730. The average Bonchev–Trinajstić information content (AvgIpc) is 2.61. The molecule has 134 valence electrons. The molecule has 7 heteroatoms. The molecule has 0 radical (unpaired) electrons. The summed E-state index contributed by atoms with van der Waals surface area (Å²) >= 11 is 0. The van der Waals surface area contributed by atoms with Crippen LogP contribution in [0.15, 0.2) is 47.4 Å². The van der Waals surface area contributed by atoms with E-state index in [4.69, 9.17) is 4.74 Å². The summed E-state index contributed by atoms with van der Waals surface area (Å²) in [5.74, 6) is -0.954. The number of hydrogen-bond donors (Lipinski definition) is 1. The molecule has 0 aliphatic rings. The van der Waals surface area contributed by atoms with Crippen LogP contribution in [0.1, 0.15) is 29.3 Å². The zero-order chi connectivity index (χ0) is 18.4. The molecule has 0 saturated heterocycles. The summed E-state index contributed by atoms with van der Waals surface area (Å²) in [5, 5.41) is 0. The van der Waals surface area contributed by atoms with Crippen LogP contribution in [0.2, 0.25) is 0 Å². The number of carbonyl (C=O) groups excluding carboxylic acids is 1. The molecule has 0 unspecified atom stereocenters. The van der Waals surface area contributed by atoms with Crippen LogP contribution in [0.25, 0.3) is 0 Å². The van der Waals surface area contributed by atoms with Gasteiger partial charge in [-0.15, -0.1) is 0 Å². The number of carbonyl (C=O) groups is 1. The minimum absolute atomic E-state index is 0.0412. The summed E-state index contributed by atoms with van der Waals surface area (Å²) < 4.78 is 46.2. The van der Waals surface area contributed by atoms with Gasteiger partial charge in [0.15, 0.2) is 5.78 Å². The number of nitrogens with one attached hydrogen (secondary N) is 1. The molecule has 5 nitrogen and oxygen atoms in total. The highest BCUT2D eigenvalue weighted by Crippen LogP contribution is 2.22. The molecule has 2 rings (SSSR count). The third-order valence-electron chi connectivity index (χ3n) is 3.48. The number of ketones is 1. The fourth-order valence-corrected chi connectivity index (χ4v) is 3.18. The fourth-order valence-electron chi connectivity index (χ4n) is 2.18. The minimum atomic E-state index is -3.84. The first-order valence-electron chi connectivity index (χ1n) is 7.86. The van der Waals surface area contributed by atoms with Crippen LogP contribution in [0.4, 0.5) is 4.39 Å². The zero-order valence-corrected chi connectivity index (χ0v) is 14.9. The molecule has 0 amide bonds. The summed E-state index contributed by atoms with van der Waals surface area (Å²) in [5.41, 5.74) is 0.0738. The van der Waals surface area contributed by atoms with Crippen LogP contribution < -0.4 is 9.46 Å². The highest BCUT2D eigenvalue weighted by Gasteiger charge is 2.19. The van der Waals surface area contributed by atoms with E-state index >= 15 is 0 Å². The number of sulfonamides is 1. The molecule has 2 aromatic rings. The molecule has 0 heterocycles. The molecule has 0 fully saturated rings. The van der Waals surface area contributed by atoms with E-state index in [9.17, 15) is 17.6 Å². The Labute approximate surface area is 146 Å². The highest BCUT2D eigenvalue weighted by atomic mass is 32.2. The van der Waals surface area contributed by atoms with E-state index in [-0.39, 0.29) is 16.0 Å². The number of ether oxygens (including phenoxy) is 1. The lowest BCUT2D eigenvalue weighted by Crippen LogP contribution is -2.30. The molecule has 0 spiro atoms. The highest BCUT2D eigenvalue weighted by molar-refractivity contribution is 7.89. The Hall–Kier alpha value is -2.25. The van der Waals surface area contributed by atoms with Gasteiger partial charge in [0, 0.05) is 0 Å². The van der Waals surface area contributed by atoms with E-state index in [0.717, 1.165) is 6.42 Å². The van der Waals surface area contributed by atoms with E-state index in [1.54, 1.807) is 18.2 Å². The van der Waals surface area contributed by atoms with Crippen molar-refractivity contribution in [1.29, 1.82) is 0 Å². The first-order chi connectivity index (χ1) is 11.8. The van der Waals surface area contributed by atoms with Crippen molar-refractivity contribution in [3.63, 3.8) is 0 Å². The lowest BCUT2D eigenvalue weighted by molar-refractivity contribution is 0.0992. The maximum Gasteiger partial charge on any atom is 0.240 e. The molecule has 0 saturated carbocycles. The van der Waals surface area contributed by atoms with E-state index in [1.807, 2.05) is 6.92 Å². The van der Waals surface area contributed by atoms with Crippen LogP contribution in [0.3, 0.4) is 0 Å². The maximum atomic E-state index is 14.2. The van der Waals surface area contributed by atoms with Crippen LogP contribution in [0.5, 0.6) is 5.75 Å². The van der Waals surface area contributed by atoms with Gasteiger partial charge in [-0.05, 0) is 43.2 Å². The van der Waals surface area contributed by atoms with Crippen molar-refractivity contribution >= 4 is 15.8 Å². The SMILES string of the molecule is CCCOc1cc(C)c(F)c(C(=O)CNS(=O)(=O)c2ccccc2)c1. The van der Waals surface area contributed by atoms with Crippen molar-refractivity contribution in [3.05, 3.63) is 59.4 Å². The molecule has 2 aromatic carbocycles. The lowest BCUT2D eigenvalue weighted by atomic mass is 10.1. The number of hydrogen-bond acceptors (Lipinski definition) is 4. The van der Waals surface area contributed by atoms with Crippen molar-refractivity contribution < 1.29 is 22.3 Å². The number of aryl methyl sites for hydroxylation is 1. The van der Waals surface area contributed by atoms with Gasteiger partial charge in [-0.2, -0.15) is 0 Å². The summed E-state index contributed by atoms with van der Waals surface area (Å²) in [6, 6.07) is 10.5. The van der Waals surface area contributed by atoms with Gasteiger partial charge in [0.05, 0.1) is 23.6 Å². The van der Waals surface area contributed by atoms with Crippen molar-refractivity contribution in [1.82, 2.24) is 4.72 Å². The van der Waals surface area contributed by atoms with Gasteiger partial charge < -0.3 is 4.74 Å². The average molecular weight is 365 g/mol. The summed E-state index contributed by atoms with van der Waals surface area (Å²) in [4.78, 5) is 12.3. The normalized spacial score (nSPS) is 11.3. The van der Waals surface area contributed by atoms with Gasteiger partial charge in [-0.25, -0.2) is 17.5 Å². The van der Waals surface area contributed by atoms with E-state index in [0.29, 0.717) is 12.4 Å². The van der Waals surface area contributed by atoms with Gasteiger partial charge in [0.2, 0.25) is 10.0 Å². The van der Waals surface area contributed by atoms with Gasteiger partial charge >= 0.3 is 0 Å². The summed E-state index contributed by atoms with van der Waals surface area (Å²) in [6.45, 7) is 3.37. The third kappa shape index (κ3) is 4.87. The smallest absolute Gasteiger partial charge is 0.240 e. The van der Waals surface area contributed by atoms with E-state index in [1.165, 1.54) is 31.2 Å². The molecular formula is C18H20FNO4S. The number of halogens is 1. The van der Waals surface area contributed by atoms with Crippen molar-refractivity contribution in [2.75, 3.05) is 13.2 Å². The van der Waals surface area contributed by atoms with Gasteiger partial charge in [-0.3, -0.25) is 4.79 Å². The Bertz CT molecular complexity index is 851. The van der Waals surface area contributed by atoms with E-state index < -0.39 is 28.2 Å². The molecule has 0 aliphatic carbocycles. The number of benzene rings is 2. The Morgan fingerprint density at radius 2 is 1.88 bits per heavy atom. The third-order valence-corrected chi connectivity index (χ3v) is 4.89. The monoisotopic (exact) mass is 365 g/mol. The molecule has 0 atom stereocenters. The first kappa shape index (κ1) is 19.1. The van der Waals surface area contributed by atoms with Gasteiger partial charge in [0.1, 0.15) is 11.6 Å². The molecule has 25 heavy (non-hydrogen) atoms. The standard InChI is InChI=1S/C18H20FNO4S/c1-3-9-24-14-10-13(2)18(19)16(11-14)17(21)12-20-25(22,23)15-7-5-4-6-8-15/h4-8,10-11,20H,3,9,12H2,1-2H3. The fraction of sp³-hybridized carbons (Fsp3) is 0.278. The van der Waals surface area contributed by atoms with Gasteiger partial charge in [-0.1, -0.05) is 25.1 Å². The van der Waals surface area contributed by atoms with Crippen molar-refractivity contribution in [2.45, 2.75) is 25.2 Å². The second kappa shape index (κ2) is 8.22. The Kier molecular flexibility index (Phi) is 6.27. The molecule has 0 bridgehead atoms. The Balaban J connectivity index is 2.17. The Morgan fingerprint density at radius 3 is 2.52 bits per heavy atom. The lowest BCUT2D eigenvalue weighted by Gasteiger charge is -2.11. The predicted molar refractivity (Wildman–Crippen MR) is 92.9 cm³/mol. The molecule has 1 N–H and O–H groups in total. The number of Topliss-reactive ketones (excluding diaryl/α,β-unsaturated/α-hetero) is 1. The van der Waals surface area contributed by atoms with E-state index in [2.05, 4.69) is 4.72 Å². The largest absolute Gasteiger partial charge is 0.494 e. The minimum Gasteiger partial charge on any atom is -0.494 e. The van der Waals surface area contributed by atoms with Crippen molar-refractivity contribution in [3.8, 4) is 5.75 Å².